The topological polar surface area (TPSA) is 64.1 Å². The normalized spacial score (nSPS) is 11.4. The van der Waals surface area contributed by atoms with Crippen LogP contribution in [0.5, 0.6) is 17.2 Å². The first-order chi connectivity index (χ1) is 11.6. The molecule has 1 rings (SSSR count). The zero-order valence-corrected chi connectivity index (χ0v) is 15.7. The van der Waals surface area contributed by atoms with Crippen molar-refractivity contribution in [1.82, 2.24) is 10.6 Å². The van der Waals surface area contributed by atoms with Crippen LogP contribution in [0.25, 0.3) is 0 Å². The molecule has 1 aromatic carbocycles. The Morgan fingerprint density at radius 3 is 2.00 bits per heavy atom. The maximum Gasteiger partial charge on any atom is 0.191 e. The van der Waals surface area contributed by atoms with Gasteiger partial charge in [-0.15, -0.1) is 0 Å². The molecule has 0 atom stereocenters. The van der Waals surface area contributed by atoms with Crippen LogP contribution in [0.3, 0.4) is 0 Å². The summed E-state index contributed by atoms with van der Waals surface area (Å²) in [6.45, 7) is 5.86. The van der Waals surface area contributed by atoms with Crippen LogP contribution in [0.2, 0.25) is 0 Å². The number of hydrogen-bond acceptors (Lipinski definition) is 4. The Hall–Kier alpha value is -2.11. The molecule has 0 aliphatic rings. The van der Waals surface area contributed by atoms with Gasteiger partial charge in [0.2, 0.25) is 0 Å². The molecule has 0 fully saturated rings. The highest BCUT2D eigenvalue weighted by Gasteiger charge is 2.14. The van der Waals surface area contributed by atoms with Crippen molar-refractivity contribution in [2.45, 2.75) is 33.2 Å². The minimum Gasteiger partial charge on any atom is -0.496 e. The van der Waals surface area contributed by atoms with E-state index in [4.69, 9.17) is 14.2 Å². The fourth-order valence-electron chi connectivity index (χ4n) is 2.46. The summed E-state index contributed by atoms with van der Waals surface area (Å²) in [4.78, 5) is 4.28. The summed E-state index contributed by atoms with van der Waals surface area (Å²) in [5.41, 5.74) is 0.922. The van der Waals surface area contributed by atoms with Gasteiger partial charge in [0.05, 0.1) is 33.4 Å². The molecule has 0 aromatic heterocycles. The molecular weight excluding hydrogens is 306 g/mol. The first-order valence-corrected chi connectivity index (χ1v) is 8.36. The third-order valence-corrected chi connectivity index (χ3v) is 4.19. The summed E-state index contributed by atoms with van der Waals surface area (Å²) < 4.78 is 16.2. The molecule has 24 heavy (non-hydrogen) atoms. The monoisotopic (exact) mass is 337 g/mol. The van der Waals surface area contributed by atoms with Gasteiger partial charge in [-0.1, -0.05) is 26.7 Å². The van der Waals surface area contributed by atoms with Crippen molar-refractivity contribution in [2.24, 2.45) is 10.9 Å². The van der Waals surface area contributed by atoms with Crippen LogP contribution >= 0.6 is 0 Å². The van der Waals surface area contributed by atoms with E-state index in [0.717, 1.165) is 30.9 Å². The van der Waals surface area contributed by atoms with E-state index in [1.54, 1.807) is 28.4 Å². The summed E-state index contributed by atoms with van der Waals surface area (Å²) in [5.74, 6) is 3.54. The van der Waals surface area contributed by atoms with Crippen LogP contribution in [-0.4, -0.2) is 40.9 Å². The van der Waals surface area contributed by atoms with Crippen molar-refractivity contribution in [3.8, 4) is 17.2 Å². The minimum absolute atomic E-state index is 0.541. The molecule has 0 unspecified atom stereocenters. The van der Waals surface area contributed by atoms with Crippen LogP contribution in [0.4, 0.5) is 0 Å². The number of aliphatic imine (C=N–C) groups is 1. The third-order valence-electron chi connectivity index (χ3n) is 4.19. The van der Waals surface area contributed by atoms with E-state index < -0.39 is 0 Å². The standard InChI is InChI=1S/C18H31N3O3/c1-7-13(8-2)11-20-18(19-3)21-12-15-16(23-5)9-14(22-4)10-17(15)24-6/h9-10,13H,7-8,11-12H2,1-6H3,(H2,19,20,21). The minimum atomic E-state index is 0.541. The van der Waals surface area contributed by atoms with Gasteiger partial charge < -0.3 is 24.8 Å². The molecule has 136 valence electrons. The van der Waals surface area contributed by atoms with Crippen LogP contribution in [0.1, 0.15) is 32.3 Å². The molecule has 0 saturated heterocycles. The van der Waals surface area contributed by atoms with Crippen LogP contribution in [0.15, 0.2) is 17.1 Å². The van der Waals surface area contributed by atoms with Gasteiger partial charge in [0, 0.05) is 25.7 Å². The maximum absolute atomic E-state index is 5.47. The number of benzene rings is 1. The summed E-state index contributed by atoms with van der Waals surface area (Å²) in [6.07, 6.45) is 2.31. The van der Waals surface area contributed by atoms with Gasteiger partial charge in [0.15, 0.2) is 5.96 Å². The average Bonchev–Trinajstić information content (AvgIpc) is 2.64. The number of rotatable bonds is 9. The fourth-order valence-corrected chi connectivity index (χ4v) is 2.46. The van der Waals surface area contributed by atoms with E-state index in [0.29, 0.717) is 29.7 Å². The Balaban J connectivity index is 2.81. The highest BCUT2D eigenvalue weighted by Crippen LogP contribution is 2.33. The highest BCUT2D eigenvalue weighted by atomic mass is 16.5. The lowest BCUT2D eigenvalue weighted by atomic mass is 10.0. The SMILES string of the molecule is CCC(CC)CNC(=NC)NCc1c(OC)cc(OC)cc1OC. The molecule has 6 nitrogen and oxygen atoms in total. The van der Waals surface area contributed by atoms with Crippen LogP contribution < -0.4 is 24.8 Å². The van der Waals surface area contributed by atoms with Gasteiger partial charge in [-0.2, -0.15) is 0 Å². The Bertz CT molecular complexity index is 503. The zero-order valence-electron chi connectivity index (χ0n) is 15.7. The van der Waals surface area contributed by atoms with E-state index in [-0.39, 0.29) is 0 Å². The van der Waals surface area contributed by atoms with E-state index in [1.165, 1.54) is 0 Å². The molecule has 0 heterocycles. The van der Waals surface area contributed by atoms with Gasteiger partial charge in [-0.3, -0.25) is 4.99 Å². The van der Waals surface area contributed by atoms with E-state index >= 15 is 0 Å². The summed E-state index contributed by atoms with van der Waals surface area (Å²) in [6, 6.07) is 3.69. The number of nitrogens with one attached hydrogen (secondary N) is 2. The molecule has 1 aromatic rings. The molecule has 0 saturated carbocycles. The Morgan fingerprint density at radius 1 is 1.00 bits per heavy atom. The number of ether oxygens (including phenoxy) is 3. The van der Waals surface area contributed by atoms with Crippen molar-refractivity contribution in [3.05, 3.63) is 17.7 Å². The van der Waals surface area contributed by atoms with Crippen molar-refractivity contribution in [1.29, 1.82) is 0 Å². The molecule has 0 radical (unpaired) electrons. The van der Waals surface area contributed by atoms with Crippen LogP contribution in [0, 0.1) is 5.92 Å². The van der Waals surface area contributed by atoms with Crippen LogP contribution in [-0.2, 0) is 6.54 Å². The van der Waals surface area contributed by atoms with Gasteiger partial charge in [-0.05, 0) is 5.92 Å². The second-order valence-electron chi connectivity index (χ2n) is 5.50. The fraction of sp³-hybridized carbons (Fsp3) is 0.611. The first kappa shape index (κ1) is 19.9. The Labute approximate surface area is 145 Å². The van der Waals surface area contributed by atoms with E-state index in [2.05, 4.69) is 29.5 Å². The molecule has 2 N–H and O–H groups in total. The van der Waals surface area contributed by atoms with Crippen molar-refractivity contribution >= 4 is 5.96 Å². The smallest absolute Gasteiger partial charge is 0.191 e. The first-order valence-electron chi connectivity index (χ1n) is 8.36. The highest BCUT2D eigenvalue weighted by molar-refractivity contribution is 5.79. The lowest BCUT2D eigenvalue weighted by Gasteiger charge is -2.19. The number of guanidine groups is 1. The zero-order chi connectivity index (χ0) is 17.9. The van der Waals surface area contributed by atoms with E-state index in [1.807, 2.05) is 12.1 Å². The lowest BCUT2D eigenvalue weighted by Crippen LogP contribution is -2.39. The summed E-state index contributed by atoms with van der Waals surface area (Å²) in [5, 5.41) is 6.69. The summed E-state index contributed by atoms with van der Waals surface area (Å²) >= 11 is 0. The number of hydrogen-bond donors (Lipinski definition) is 2. The quantitative estimate of drug-likeness (QED) is 0.536. The molecule has 0 aliphatic heterocycles. The lowest BCUT2D eigenvalue weighted by molar-refractivity contribution is 0.368. The predicted molar refractivity (Wildman–Crippen MR) is 98.4 cm³/mol. The largest absolute Gasteiger partial charge is 0.496 e. The van der Waals surface area contributed by atoms with E-state index in [9.17, 15) is 0 Å². The second kappa shape index (κ2) is 10.6. The van der Waals surface area contributed by atoms with Crippen molar-refractivity contribution < 1.29 is 14.2 Å². The Kier molecular flexibility index (Phi) is 8.83. The molecule has 0 spiro atoms. The Morgan fingerprint density at radius 2 is 1.58 bits per heavy atom. The molecular formula is C18H31N3O3. The van der Waals surface area contributed by atoms with Gasteiger partial charge >= 0.3 is 0 Å². The van der Waals surface area contributed by atoms with Gasteiger partial charge in [0.1, 0.15) is 17.2 Å². The van der Waals surface area contributed by atoms with Crippen molar-refractivity contribution in [2.75, 3.05) is 34.9 Å². The average molecular weight is 337 g/mol. The molecule has 0 aliphatic carbocycles. The summed E-state index contributed by atoms with van der Waals surface area (Å²) in [7, 11) is 6.66. The molecule has 6 heteroatoms. The van der Waals surface area contributed by atoms with Gasteiger partial charge in [-0.25, -0.2) is 0 Å². The molecule has 0 amide bonds. The number of nitrogens with zero attached hydrogens (tertiary/aromatic N) is 1. The maximum atomic E-state index is 5.47. The molecule has 0 bridgehead atoms. The number of methoxy groups -OCH3 is 3. The predicted octanol–water partition coefficient (Wildman–Crippen LogP) is 2.81. The third kappa shape index (κ3) is 5.51. The van der Waals surface area contributed by atoms with Crippen molar-refractivity contribution in [3.63, 3.8) is 0 Å². The van der Waals surface area contributed by atoms with Gasteiger partial charge in [0.25, 0.3) is 0 Å². The second-order valence-corrected chi connectivity index (χ2v) is 5.50.